The van der Waals surface area contributed by atoms with Crippen molar-refractivity contribution in [2.75, 3.05) is 13.5 Å². The molecule has 5 nitrogen and oxygen atoms in total. The molecule has 0 radical (unpaired) electrons. The van der Waals surface area contributed by atoms with E-state index in [0.29, 0.717) is 6.42 Å². The first-order valence-corrected chi connectivity index (χ1v) is 6.83. The Hall–Kier alpha value is 0.0649. The molecule has 0 amide bonds. The van der Waals surface area contributed by atoms with Gasteiger partial charge in [0.05, 0.1) is 6.10 Å². The highest BCUT2D eigenvalue weighted by Gasteiger charge is 2.51. The van der Waals surface area contributed by atoms with E-state index in [9.17, 15) is 14.1 Å². The van der Waals surface area contributed by atoms with Gasteiger partial charge in [0, 0.05) is 7.11 Å². The number of alkyl halides is 1. The molecule has 0 heterocycles. The van der Waals surface area contributed by atoms with Crippen LogP contribution in [0.2, 0.25) is 5.82 Å². The summed E-state index contributed by atoms with van der Waals surface area (Å²) in [5.74, 6) is -0.354. The van der Waals surface area contributed by atoms with Crippen LogP contribution in [-0.4, -0.2) is 49.2 Å². The van der Waals surface area contributed by atoms with Crippen LogP contribution in [0.5, 0.6) is 0 Å². The molecule has 94 valence electrons. The SMILES string of the molecule is BC1CC(OCP(=O)(O)OC)C(O)C1(C)F. The van der Waals surface area contributed by atoms with Crippen molar-refractivity contribution in [2.24, 2.45) is 0 Å². The Morgan fingerprint density at radius 3 is 2.62 bits per heavy atom. The maximum Gasteiger partial charge on any atom is 0.353 e. The topological polar surface area (TPSA) is 76.0 Å². The lowest BCUT2D eigenvalue weighted by Crippen LogP contribution is -2.38. The fourth-order valence-corrected chi connectivity index (χ4v) is 2.25. The first kappa shape index (κ1) is 14.1. The fourth-order valence-electron chi connectivity index (χ4n) is 1.76. The molecule has 0 saturated heterocycles. The van der Waals surface area contributed by atoms with E-state index in [1.54, 1.807) is 7.85 Å². The van der Waals surface area contributed by atoms with Crippen LogP contribution >= 0.6 is 7.60 Å². The number of aliphatic hydroxyl groups is 1. The average molecular weight is 254 g/mol. The lowest BCUT2D eigenvalue weighted by Gasteiger charge is -2.24. The number of halogens is 1. The molecule has 0 aromatic rings. The summed E-state index contributed by atoms with van der Waals surface area (Å²) >= 11 is 0. The van der Waals surface area contributed by atoms with Crippen LogP contribution in [0, 0.1) is 0 Å². The zero-order valence-electron chi connectivity index (χ0n) is 9.59. The second-order valence-electron chi connectivity index (χ2n) is 4.39. The van der Waals surface area contributed by atoms with Gasteiger partial charge in [0.15, 0.2) is 0 Å². The summed E-state index contributed by atoms with van der Waals surface area (Å²) in [6.45, 7) is 1.31. The summed E-state index contributed by atoms with van der Waals surface area (Å²) in [4.78, 5) is 9.10. The quantitative estimate of drug-likeness (QED) is 0.548. The lowest BCUT2D eigenvalue weighted by atomic mass is 9.77. The monoisotopic (exact) mass is 254 g/mol. The molecule has 0 spiro atoms. The number of hydrogen-bond acceptors (Lipinski definition) is 4. The largest absolute Gasteiger partial charge is 0.387 e. The third kappa shape index (κ3) is 2.84. The molecule has 0 aromatic heterocycles. The minimum absolute atomic E-state index is 0.317. The van der Waals surface area contributed by atoms with Gasteiger partial charge in [-0.1, -0.05) is 0 Å². The molecule has 0 aromatic carbocycles. The van der Waals surface area contributed by atoms with Crippen LogP contribution in [0.25, 0.3) is 0 Å². The zero-order chi connectivity index (χ0) is 12.6. The van der Waals surface area contributed by atoms with Crippen molar-refractivity contribution < 1.29 is 28.2 Å². The molecule has 2 N–H and O–H groups in total. The molecular formula is C8H17BFO5P. The van der Waals surface area contributed by atoms with Crippen molar-refractivity contribution in [2.45, 2.75) is 37.0 Å². The van der Waals surface area contributed by atoms with Gasteiger partial charge in [-0.25, -0.2) is 4.39 Å². The van der Waals surface area contributed by atoms with Gasteiger partial charge in [-0.05, 0) is 19.2 Å². The van der Waals surface area contributed by atoms with E-state index >= 15 is 0 Å². The molecule has 0 bridgehead atoms. The van der Waals surface area contributed by atoms with Gasteiger partial charge < -0.3 is 19.3 Å². The Morgan fingerprint density at radius 2 is 2.25 bits per heavy atom. The number of hydrogen-bond donors (Lipinski definition) is 2. The van der Waals surface area contributed by atoms with Crippen LogP contribution in [0.1, 0.15) is 13.3 Å². The summed E-state index contributed by atoms with van der Waals surface area (Å²) < 4.78 is 34.4. The van der Waals surface area contributed by atoms with Crippen LogP contribution in [-0.2, 0) is 13.8 Å². The second-order valence-corrected chi connectivity index (χ2v) is 6.29. The van der Waals surface area contributed by atoms with Crippen LogP contribution in [0.3, 0.4) is 0 Å². The number of aliphatic hydroxyl groups excluding tert-OH is 1. The first-order valence-electron chi connectivity index (χ1n) is 5.07. The predicted octanol–water partition coefficient (Wildman–Crippen LogP) is 0.0753. The molecule has 1 rings (SSSR count). The van der Waals surface area contributed by atoms with Gasteiger partial charge in [-0.2, -0.15) is 0 Å². The highest BCUT2D eigenvalue weighted by Crippen LogP contribution is 2.46. The van der Waals surface area contributed by atoms with Crippen LogP contribution in [0.4, 0.5) is 4.39 Å². The van der Waals surface area contributed by atoms with Crippen molar-refractivity contribution in [3.8, 4) is 0 Å². The van der Waals surface area contributed by atoms with Crippen molar-refractivity contribution in [3.05, 3.63) is 0 Å². The molecule has 16 heavy (non-hydrogen) atoms. The van der Waals surface area contributed by atoms with Gasteiger partial charge in [-0.3, -0.25) is 4.57 Å². The summed E-state index contributed by atoms with van der Waals surface area (Å²) in [5.41, 5.74) is -1.73. The molecule has 1 aliphatic carbocycles. The molecule has 8 heteroatoms. The van der Waals surface area contributed by atoms with E-state index in [0.717, 1.165) is 7.11 Å². The van der Waals surface area contributed by atoms with Crippen LogP contribution < -0.4 is 0 Å². The summed E-state index contributed by atoms with van der Waals surface area (Å²) in [6.07, 6.45) is -2.26. The Bertz CT molecular complexity index is 300. The zero-order valence-corrected chi connectivity index (χ0v) is 10.5. The van der Waals surface area contributed by atoms with Gasteiger partial charge >= 0.3 is 7.60 Å². The van der Waals surface area contributed by atoms with Gasteiger partial charge in [0.25, 0.3) is 0 Å². The molecular weight excluding hydrogens is 237 g/mol. The normalized spacial score (nSPS) is 43.2. The molecule has 1 saturated carbocycles. The molecule has 5 atom stereocenters. The third-order valence-corrected chi connectivity index (χ3v) is 4.26. The van der Waals surface area contributed by atoms with E-state index in [1.807, 2.05) is 0 Å². The van der Waals surface area contributed by atoms with Crippen molar-refractivity contribution in [1.29, 1.82) is 0 Å². The Kier molecular flexibility index (Phi) is 4.19. The molecule has 1 aliphatic rings. The first-order chi connectivity index (χ1) is 7.20. The van der Waals surface area contributed by atoms with Crippen LogP contribution in [0.15, 0.2) is 0 Å². The number of rotatable bonds is 4. The number of ether oxygens (including phenoxy) is 1. The lowest BCUT2D eigenvalue weighted by molar-refractivity contribution is -0.0551. The standard InChI is InChI=1S/C8H17BFO5P/c1-8(10)6(9)3-5(7(8)11)15-4-16(12,13)14-2/h5-7,11H,3-4,9H2,1-2H3,(H,12,13). The average Bonchev–Trinajstić information content (AvgIpc) is 2.40. The Balaban J connectivity index is 2.56. The molecule has 1 fully saturated rings. The Labute approximate surface area is 94.9 Å². The van der Waals surface area contributed by atoms with Gasteiger partial charge in [0.2, 0.25) is 0 Å². The summed E-state index contributed by atoms with van der Waals surface area (Å²) in [5, 5.41) is 9.64. The van der Waals surface area contributed by atoms with Crippen molar-refractivity contribution in [3.63, 3.8) is 0 Å². The smallest absolute Gasteiger partial charge is 0.353 e. The highest BCUT2D eigenvalue weighted by atomic mass is 31.2. The minimum atomic E-state index is -3.77. The maximum absolute atomic E-state index is 13.9. The Morgan fingerprint density at radius 1 is 1.69 bits per heavy atom. The van der Waals surface area contributed by atoms with E-state index in [2.05, 4.69) is 4.52 Å². The molecule has 0 aliphatic heterocycles. The van der Waals surface area contributed by atoms with E-state index < -0.39 is 31.8 Å². The van der Waals surface area contributed by atoms with Gasteiger partial charge in [-0.15, -0.1) is 0 Å². The predicted molar refractivity (Wildman–Crippen MR) is 59.0 cm³/mol. The second kappa shape index (κ2) is 4.74. The van der Waals surface area contributed by atoms with Gasteiger partial charge in [0.1, 0.15) is 26.0 Å². The minimum Gasteiger partial charge on any atom is -0.387 e. The third-order valence-electron chi connectivity index (χ3n) is 3.22. The molecule has 5 unspecified atom stereocenters. The maximum atomic E-state index is 13.9. The van der Waals surface area contributed by atoms with E-state index in [-0.39, 0.29) is 5.82 Å². The van der Waals surface area contributed by atoms with Crippen molar-refractivity contribution >= 4 is 15.4 Å². The fraction of sp³-hybridized carbons (Fsp3) is 1.00. The highest BCUT2D eigenvalue weighted by molar-refractivity contribution is 7.52. The van der Waals surface area contributed by atoms with E-state index in [1.165, 1.54) is 6.92 Å². The van der Waals surface area contributed by atoms with E-state index in [4.69, 9.17) is 9.63 Å². The van der Waals surface area contributed by atoms with Crippen molar-refractivity contribution in [1.82, 2.24) is 0 Å². The summed E-state index contributed by atoms with van der Waals surface area (Å²) in [6, 6.07) is 0. The summed E-state index contributed by atoms with van der Waals surface area (Å²) in [7, 11) is -1.01.